The summed E-state index contributed by atoms with van der Waals surface area (Å²) in [5, 5.41) is 2.79. The molecule has 0 atom stereocenters. The SMILES string of the molecule is O=C(Nc1ccc(Br)cc1)c1ccc(Br)nc1. The van der Waals surface area contributed by atoms with Gasteiger partial charge in [-0.05, 0) is 52.3 Å². The van der Waals surface area contributed by atoms with Crippen LogP contribution in [0.15, 0.2) is 51.7 Å². The lowest BCUT2D eigenvalue weighted by atomic mass is 10.2. The predicted molar refractivity (Wildman–Crippen MR) is 74.0 cm³/mol. The maximum absolute atomic E-state index is 11.8. The molecule has 0 unspecified atom stereocenters. The summed E-state index contributed by atoms with van der Waals surface area (Å²) in [5.41, 5.74) is 1.28. The molecule has 0 radical (unpaired) electrons. The number of carbonyl (C=O) groups is 1. The highest BCUT2D eigenvalue weighted by Gasteiger charge is 2.05. The summed E-state index contributed by atoms with van der Waals surface area (Å²) in [6.45, 7) is 0. The number of pyridine rings is 1. The topological polar surface area (TPSA) is 42.0 Å². The first kappa shape index (κ1) is 12.3. The second kappa shape index (κ2) is 5.42. The standard InChI is InChI=1S/C12H8Br2N2O/c13-9-2-4-10(5-3-9)16-12(17)8-1-6-11(14)15-7-8/h1-7H,(H,16,17). The normalized spacial score (nSPS) is 10.0. The number of hydrogen-bond donors (Lipinski definition) is 1. The maximum Gasteiger partial charge on any atom is 0.257 e. The van der Waals surface area contributed by atoms with Gasteiger partial charge in [0.25, 0.3) is 5.91 Å². The van der Waals surface area contributed by atoms with Gasteiger partial charge in [-0.25, -0.2) is 4.98 Å². The van der Waals surface area contributed by atoms with Gasteiger partial charge in [0.15, 0.2) is 0 Å². The minimum absolute atomic E-state index is 0.174. The number of nitrogens with zero attached hydrogens (tertiary/aromatic N) is 1. The van der Waals surface area contributed by atoms with E-state index in [2.05, 4.69) is 42.2 Å². The molecule has 1 heterocycles. The first-order valence-corrected chi connectivity index (χ1v) is 6.42. The average Bonchev–Trinajstić information content (AvgIpc) is 2.33. The van der Waals surface area contributed by atoms with E-state index in [9.17, 15) is 4.79 Å². The molecule has 1 amide bonds. The number of rotatable bonds is 2. The third kappa shape index (κ3) is 3.38. The minimum Gasteiger partial charge on any atom is -0.322 e. The van der Waals surface area contributed by atoms with Gasteiger partial charge < -0.3 is 5.32 Å². The second-order valence-electron chi connectivity index (χ2n) is 3.33. The number of hydrogen-bond acceptors (Lipinski definition) is 2. The highest BCUT2D eigenvalue weighted by Crippen LogP contribution is 2.15. The van der Waals surface area contributed by atoms with E-state index >= 15 is 0 Å². The van der Waals surface area contributed by atoms with Gasteiger partial charge in [0.1, 0.15) is 4.60 Å². The van der Waals surface area contributed by atoms with Crippen molar-refractivity contribution in [1.29, 1.82) is 0 Å². The minimum atomic E-state index is -0.174. The maximum atomic E-state index is 11.8. The fourth-order valence-electron chi connectivity index (χ4n) is 1.25. The van der Waals surface area contributed by atoms with Crippen LogP contribution in [0.5, 0.6) is 0 Å². The fraction of sp³-hybridized carbons (Fsp3) is 0. The molecule has 17 heavy (non-hydrogen) atoms. The lowest BCUT2D eigenvalue weighted by molar-refractivity contribution is 0.102. The molecule has 0 fully saturated rings. The van der Waals surface area contributed by atoms with Gasteiger partial charge in [0.2, 0.25) is 0 Å². The van der Waals surface area contributed by atoms with Crippen molar-refractivity contribution in [3.63, 3.8) is 0 Å². The van der Waals surface area contributed by atoms with Gasteiger partial charge in [-0.1, -0.05) is 15.9 Å². The molecule has 0 saturated carbocycles. The summed E-state index contributed by atoms with van der Waals surface area (Å²) in [7, 11) is 0. The molecule has 1 aromatic carbocycles. The Morgan fingerprint density at radius 1 is 1.06 bits per heavy atom. The van der Waals surface area contributed by atoms with Gasteiger partial charge in [-0.2, -0.15) is 0 Å². The van der Waals surface area contributed by atoms with Gasteiger partial charge in [0.05, 0.1) is 5.56 Å². The van der Waals surface area contributed by atoms with Gasteiger partial charge in [0, 0.05) is 16.4 Å². The smallest absolute Gasteiger partial charge is 0.257 e. The van der Waals surface area contributed by atoms with Crippen molar-refractivity contribution >= 4 is 43.5 Å². The van der Waals surface area contributed by atoms with E-state index in [1.165, 1.54) is 6.20 Å². The van der Waals surface area contributed by atoms with Crippen molar-refractivity contribution in [3.8, 4) is 0 Å². The Bertz CT molecular complexity index is 523. The van der Waals surface area contributed by atoms with Crippen LogP contribution < -0.4 is 5.32 Å². The largest absolute Gasteiger partial charge is 0.322 e. The monoisotopic (exact) mass is 354 g/mol. The number of nitrogens with one attached hydrogen (secondary N) is 1. The summed E-state index contributed by atoms with van der Waals surface area (Å²) in [4.78, 5) is 15.8. The van der Waals surface area contributed by atoms with Crippen molar-refractivity contribution in [2.75, 3.05) is 5.32 Å². The molecule has 0 aliphatic carbocycles. The highest BCUT2D eigenvalue weighted by atomic mass is 79.9. The van der Waals surface area contributed by atoms with Crippen LogP contribution in [0.3, 0.4) is 0 Å². The molecule has 1 aromatic heterocycles. The molecule has 1 N–H and O–H groups in total. The summed E-state index contributed by atoms with van der Waals surface area (Å²) in [5.74, 6) is -0.174. The third-order valence-corrected chi connectivity index (χ3v) is 3.09. The van der Waals surface area contributed by atoms with E-state index in [0.29, 0.717) is 10.2 Å². The molecule has 0 bridgehead atoms. The molecule has 5 heteroatoms. The van der Waals surface area contributed by atoms with Crippen LogP contribution in [0.4, 0.5) is 5.69 Å². The van der Waals surface area contributed by atoms with Crippen molar-refractivity contribution in [2.45, 2.75) is 0 Å². The number of benzene rings is 1. The molecule has 0 spiro atoms. The zero-order valence-corrected chi connectivity index (χ0v) is 11.8. The van der Waals surface area contributed by atoms with Crippen LogP contribution in [0, 0.1) is 0 Å². The zero-order valence-electron chi connectivity index (χ0n) is 8.65. The first-order valence-electron chi connectivity index (χ1n) is 4.83. The molecule has 2 rings (SSSR count). The van der Waals surface area contributed by atoms with Crippen LogP contribution in [0.1, 0.15) is 10.4 Å². The van der Waals surface area contributed by atoms with Gasteiger partial charge in [-0.15, -0.1) is 0 Å². The third-order valence-electron chi connectivity index (χ3n) is 2.09. The Labute approximate surface area is 116 Å². The summed E-state index contributed by atoms with van der Waals surface area (Å²) >= 11 is 6.56. The Morgan fingerprint density at radius 2 is 1.76 bits per heavy atom. The van der Waals surface area contributed by atoms with E-state index < -0.39 is 0 Å². The number of anilines is 1. The number of aromatic nitrogens is 1. The lowest BCUT2D eigenvalue weighted by Gasteiger charge is -2.04. The Hall–Kier alpha value is -1.20. The van der Waals surface area contributed by atoms with E-state index in [4.69, 9.17) is 0 Å². The van der Waals surface area contributed by atoms with Gasteiger partial charge >= 0.3 is 0 Å². The van der Waals surface area contributed by atoms with E-state index in [1.54, 1.807) is 12.1 Å². The van der Waals surface area contributed by atoms with E-state index in [0.717, 1.165) is 10.2 Å². The molecule has 0 aliphatic heterocycles. The number of amides is 1. The van der Waals surface area contributed by atoms with E-state index in [-0.39, 0.29) is 5.91 Å². The highest BCUT2D eigenvalue weighted by molar-refractivity contribution is 9.10. The average molecular weight is 356 g/mol. The van der Waals surface area contributed by atoms with Gasteiger partial charge in [-0.3, -0.25) is 4.79 Å². The lowest BCUT2D eigenvalue weighted by Crippen LogP contribution is -2.11. The zero-order chi connectivity index (χ0) is 12.3. The van der Waals surface area contributed by atoms with Crippen molar-refractivity contribution in [2.24, 2.45) is 0 Å². The van der Waals surface area contributed by atoms with Crippen molar-refractivity contribution < 1.29 is 4.79 Å². The molecule has 0 aliphatic rings. The van der Waals surface area contributed by atoms with Crippen LogP contribution >= 0.6 is 31.9 Å². The molecule has 2 aromatic rings. The molecule has 0 saturated heterocycles. The molecular formula is C12H8Br2N2O. The molecule has 86 valence electrons. The fourth-order valence-corrected chi connectivity index (χ4v) is 1.75. The Kier molecular flexibility index (Phi) is 3.91. The van der Waals surface area contributed by atoms with Crippen LogP contribution in [0.25, 0.3) is 0 Å². The van der Waals surface area contributed by atoms with Crippen LogP contribution in [-0.4, -0.2) is 10.9 Å². The summed E-state index contributed by atoms with van der Waals surface area (Å²) in [6, 6.07) is 10.8. The molecular weight excluding hydrogens is 348 g/mol. The number of carbonyl (C=O) groups excluding carboxylic acids is 1. The summed E-state index contributed by atoms with van der Waals surface area (Å²) < 4.78 is 1.68. The van der Waals surface area contributed by atoms with Crippen LogP contribution in [-0.2, 0) is 0 Å². The second-order valence-corrected chi connectivity index (χ2v) is 5.06. The number of halogens is 2. The predicted octanol–water partition coefficient (Wildman–Crippen LogP) is 3.86. The summed E-state index contributed by atoms with van der Waals surface area (Å²) in [6.07, 6.45) is 1.53. The Morgan fingerprint density at radius 3 is 2.35 bits per heavy atom. The molecule has 3 nitrogen and oxygen atoms in total. The van der Waals surface area contributed by atoms with Crippen molar-refractivity contribution in [3.05, 3.63) is 57.2 Å². The first-order chi connectivity index (χ1) is 8.15. The van der Waals surface area contributed by atoms with Crippen LogP contribution in [0.2, 0.25) is 0 Å². The van der Waals surface area contributed by atoms with E-state index in [1.807, 2.05) is 24.3 Å². The van der Waals surface area contributed by atoms with Crippen molar-refractivity contribution in [1.82, 2.24) is 4.98 Å². The Balaban J connectivity index is 2.11. The quantitative estimate of drug-likeness (QED) is 0.831.